The number of nitrogens with zero attached hydrogens (tertiary/aromatic N) is 2. The van der Waals surface area contributed by atoms with Crippen molar-refractivity contribution in [1.29, 1.82) is 0 Å². The maximum atomic E-state index is 13.4. The fourth-order valence-corrected chi connectivity index (χ4v) is 7.99. The van der Waals surface area contributed by atoms with Gasteiger partial charge < -0.3 is 20.6 Å². The molecule has 2 atom stereocenters. The lowest BCUT2D eigenvalue weighted by Crippen LogP contribution is -2.57. The van der Waals surface area contributed by atoms with Crippen LogP contribution >= 0.6 is 23.5 Å². The van der Waals surface area contributed by atoms with E-state index in [0.717, 1.165) is 38.2 Å². The second-order valence-corrected chi connectivity index (χ2v) is 12.8. The van der Waals surface area contributed by atoms with Gasteiger partial charge in [0.1, 0.15) is 18.7 Å². The normalized spacial score (nSPS) is 22.2. The average molecular weight is 563 g/mol. The summed E-state index contributed by atoms with van der Waals surface area (Å²) < 4.78 is 0. The first kappa shape index (κ1) is 29.2. The van der Waals surface area contributed by atoms with E-state index in [1.807, 2.05) is 6.07 Å². The van der Waals surface area contributed by atoms with Crippen LogP contribution in [0.4, 0.5) is 0 Å². The highest BCUT2D eigenvalue weighted by atomic mass is 32.2. The Kier molecular flexibility index (Phi) is 11.7. The van der Waals surface area contributed by atoms with E-state index in [-0.39, 0.29) is 17.9 Å². The van der Waals surface area contributed by atoms with Crippen LogP contribution in [0.15, 0.2) is 30.3 Å². The van der Waals surface area contributed by atoms with E-state index in [9.17, 15) is 19.5 Å². The van der Waals surface area contributed by atoms with E-state index in [4.69, 9.17) is 0 Å². The smallest absolute Gasteiger partial charge is 0.249 e. The number of benzene rings is 1. The highest BCUT2D eigenvalue weighted by Gasteiger charge is 2.36. The third-order valence-corrected chi connectivity index (χ3v) is 10.1. The maximum absolute atomic E-state index is 13.4. The first-order chi connectivity index (χ1) is 18.5. The first-order valence-electron chi connectivity index (χ1n) is 14.0. The molecule has 3 aliphatic rings. The summed E-state index contributed by atoms with van der Waals surface area (Å²) in [4.78, 5) is 42.5. The molecule has 1 aromatic carbocycles. The molecule has 0 unspecified atom stereocenters. The zero-order valence-corrected chi connectivity index (χ0v) is 23.8. The van der Waals surface area contributed by atoms with Gasteiger partial charge in [-0.05, 0) is 42.9 Å². The molecule has 0 spiro atoms. The SMILES string of the molecule is O=C(NC1CCN(Cc2ccccc2)CC1)[C@H](CSCC1CCCCC1)NC(=O)[C@@H]1CSCN1C(=O)CO. The third kappa shape index (κ3) is 8.63. The number of hydrogen-bond donors (Lipinski definition) is 3. The number of rotatable bonds is 11. The van der Waals surface area contributed by atoms with Crippen LogP contribution in [0.5, 0.6) is 0 Å². The van der Waals surface area contributed by atoms with Gasteiger partial charge in [-0.15, -0.1) is 11.8 Å². The molecular formula is C28H42N4O4S2. The lowest BCUT2D eigenvalue weighted by atomic mass is 9.91. The summed E-state index contributed by atoms with van der Waals surface area (Å²) in [6.07, 6.45) is 8.13. The largest absolute Gasteiger partial charge is 0.387 e. The monoisotopic (exact) mass is 562 g/mol. The standard InChI is InChI=1S/C28H42N4O4S2/c33-16-26(34)32-20-38-19-25(32)28(36)30-24(18-37-17-22-9-5-2-6-10-22)27(35)29-23-11-13-31(14-12-23)15-21-7-3-1-4-8-21/h1,3-4,7-8,22-25,33H,2,5-6,9-20H2,(H,29,35)(H,30,36)/t24-,25-/m0/s1. The number of carbonyl (C=O) groups is 3. The van der Waals surface area contributed by atoms with Gasteiger partial charge in [0.2, 0.25) is 17.7 Å². The molecule has 3 fully saturated rings. The van der Waals surface area contributed by atoms with Gasteiger partial charge in [0.15, 0.2) is 0 Å². The van der Waals surface area contributed by atoms with Crippen molar-refractivity contribution < 1.29 is 19.5 Å². The van der Waals surface area contributed by atoms with Gasteiger partial charge in [0.25, 0.3) is 0 Å². The molecule has 3 N–H and O–H groups in total. The Morgan fingerprint density at radius 3 is 2.50 bits per heavy atom. The minimum atomic E-state index is -0.653. The summed E-state index contributed by atoms with van der Waals surface area (Å²) in [7, 11) is 0. The number of hydrogen-bond acceptors (Lipinski definition) is 7. The predicted octanol–water partition coefficient (Wildman–Crippen LogP) is 2.46. The number of thioether (sulfide) groups is 2. The van der Waals surface area contributed by atoms with E-state index >= 15 is 0 Å². The Bertz CT molecular complexity index is 907. The summed E-state index contributed by atoms with van der Waals surface area (Å²) in [5, 5.41) is 15.5. The Labute approximate surface area is 235 Å². The molecule has 4 rings (SSSR count). The molecule has 0 radical (unpaired) electrons. The molecule has 0 aromatic heterocycles. The molecule has 3 amide bonds. The zero-order chi connectivity index (χ0) is 26.7. The van der Waals surface area contributed by atoms with Gasteiger partial charge >= 0.3 is 0 Å². The molecular weight excluding hydrogens is 520 g/mol. The topological polar surface area (TPSA) is 102 Å². The van der Waals surface area contributed by atoms with Crippen molar-refractivity contribution in [3.8, 4) is 0 Å². The van der Waals surface area contributed by atoms with Crippen molar-refractivity contribution >= 4 is 41.2 Å². The number of aliphatic hydroxyl groups excluding tert-OH is 1. The second-order valence-electron chi connectivity index (χ2n) is 10.7. The Morgan fingerprint density at radius 1 is 1.05 bits per heavy atom. The number of likely N-dealkylation sites (tertiary alicyclic amines) is 1. The van der Waals surface area contributed by atoms with E-state index in [1.165, 1.54) is 54.3 Å². The van der Waals surface area contributed by atoms with Crippen LogP contribution in [0, 0.1) is 5.92 Å². The molecule has 1 aromatic rings. The van der Waals surface area contributed by atoms with Crippen LogP contribution in [0.1, 0.15) is 50.5 Å². The van der Waals surface area contributed by atoms with E-state index in [0.29, 0.717) is 23.3 Å². The third-order valence-electron chi connectivity index (χ3n) is 7.82. The van der Waals surface area contributed by atoms with Gasteiger partial charge in [-0.2, -0.15) is 11.8 Å². The van der Waals surface area contributed by atoms with Crippen LogP contribution < -0.4 is 10.6 Å². The molecule has 8 nitrogen and oxygen atoms in total. The number of nitrogens with one attached hydrogen (secondary N) is 2. The van der Waals surface area contributed by atoms with E-state index in [2.05, 4.69) is 39.8 Å². The van der Waals surface area contributed by atoms with Crippen LogP contribution in [0.2, 0.25) is 0 Å². The van der Waals surface area contributed by atoms with Crippen LogP contribution in [0.25, 0.3) is 0 Å². The van der Waals surface area contributed by atoms with Gasteiger partial charge in [-0.1, -0.05) is 49.6 Å². The summed E-state index contributed by atoms with van der Waals surface area (Å²) >= 11 is 3.23. The molecule has 38 heavy (non-hydrogen) atoms. The summed E-state index contributed by atoms with van der Waals surface area (Å²) in [6.45, 7) is 2.14. The maximum Gasteiger partial charge on any atom is 0.249 e. The van der Waals surface area contributed by atoms with Gasteiger partial charge in [-0.3, -0.25) is 19.3 Å². The van der Waals surface area contributed by atoms with Crippen molar-refractivity contribution in [1.82, 2.24) is 20.4 Å². The molecule has 2 aliphatic heterocycles. The minimum absolute atomic E-state index is 0.0896. The van der Waals surface area contributed by atoms with Crippen molar-refractivity contribution in [3.05, 3.63) is 35.9 Å². The van der Waals surface area contributed by atoms with Gasteiger partial charge in [0.05, 0.1) is 5.88 Å². The zero-order valence-electron chi connectivity index (χ0n) is 22.2. The molecule has 2 saturated heterocycles. The number of piperidine rings is 1. The fourth-order valence-electron chi connectivity index (χ4n) is 5.53. The molecule has 1 aliphatic carbocycles. The number of carbonyl (C=O) groups excluding carboxylic acids is 3. The molecule has 2 heterocycles. The van der Waals surface area contributed by atoms with Crippen molar-refractivity contribution in [2.45, 2.75) is 69.6 Å². The van der Waals surface area contributed by atoms with E-state index < -0.39 is 24.6 Å². The van der Waals surface area contributed by atoms with Crippen molar-refractivity contribution in [2.24, 2.45) is 5.92 Å². The highest BCUT2D eigenvalue weighted by Crippen LogP contribution is 2.27. The molecule has 210 valence electrons. The average Bonchev–Trinajstić information content (AvgIpc) is 3.44. The summed E-state index contributed by atoms with van der Waals surface area (Å²) in [5.41, 5.74) is 1.30. The highest BCUT2D eigenvalue weighted by molar-refractivity contribution is 7.99. The minimum Gasteiger partial charge on any atom is -0.387 e. The van der Waals surface area contributed by atoms with Gasteiger partial charge in [-0.25, -0.2) is 0 Å². The summed E-state index contributed by atoms with van der Waals surface area (Å²) in [5.74, 6) is 2.17. The number of aliphatic hydroxyl groups is 1. The molecule has 0 bridgehead atoms. The summed E-state index contributed by atoms with van der Waals surface area (Å²) in [6, 6.07) is 9.23. The van der Waals surface area contributed by atoms with Crippen molar-refractivity contribution in [3.63, 3.8) is 0 Å². The predicted molar refractivity (Wildman–Crippen MR) is 154 cm³/mol. The quantitative estimate of drug-likeness (QED) is 0.381. The van der Waals surface area contributed by atoms with Crippen LogP contribution in [-0.2, 0) is 20.9 Å². The van der Waals surface area contributed by atoms with E-state index in [1.54, 1.807) is 11.8 Å². The lowest BCUT2D eigenvalue weighted by molar-refractivity contribution is -0.140. The first-order valence-corrected chi connectivity index (χ1v) is 16.3. The van der Waals surface area contributed by atoms with Crippen LogP contribution in [0.3, 0.4) is 0 Å². The Morgan fingerprint density at radius 2 is 1.79 bits per heavy atom. The lowest BCUT2D eigenvalue weighted by Gasteiger charge is -2.33. The van der Waals surface area contributed by atoms with Gasteiger partial charge in [0, 0.05) is 37.2 Å². The Hall–Kier alpha value is -1.75. The Balaban J connectivity index is 1.30. The van der Waals surface area contributed by atoms with Crippen molar-refractivity contribution in [2.75, 3.05) is 42.8 Å². The second kappa shape index (κ2) is 15.1. The van der Waals surface area contributed by atoms with Crippen LogP contribution in [-0.4, -0.2) is 93.6 Å². The molecule has 1 saturated carbocycles. The molecule has 10 heteroatoms. The fraction of sp³-hybridized carbons (Fsp3) is 0.679. The number of amides is 3.